The Morgan fingerprint density at radius 3 is 2.62 bits per heavy atom. The molecule has 2 rings (SSSR count). The molecule has 2 aliphatic heterocycles. The number of ether oxygens (including phenoxy) is 3. The van der Waals surface area contributed by atoms with Crippen molar-refractivity contribution in [1.29, 1.82) is 0 Å². The Balaban J connectivity index is 2.10. The van der Waals surface area contributed by atoms with Crippen molar-refractivity contribution < 1.29 is 19.0 Å². The standard InChI is InChI=1S/C12H20O4/c1-5-14-9(13)11(4)12(16-11)6-7-15-10(2,3)8-12/h5-8H2,1-4H3. The summed E-state index contributed by atoms with van der Waals surface area (Å²) in [4.78, 5) is 11.8. The molecule has 2 fully saturated rings. The number of epoxide rings is 1. The van der Waals surface area contributed by atoms with Gasteiger partial charge in [0.25, 0.3) is 0 Å². The van der Waals surface area contributed by atoms with Crippen molar-refractivity contribution in [2.45, 2.75) is 57.3 Å². The minimum atomic E-state index is -0.760. The average molecular weight is 228 g/mol. The summed E-state index contributed by atoms with van der Waals surface area (Å²) in [6.45, 7) is 8.73. The van der Waals surface area contributed by atoms with E-state index in [0.717, 1.165) is 12.8 Å². The summed E-state index contributed by atoms with van der Waals surface area (Å²) in [5.74, 6) is -0.243. The van der Waals surface area contributed by atoms with Crippen LogP contribution in [0.15, 0.2) is 0 Å². The average Bonchev–Trinajstić information content (AvgIpc) is 2.70. The third kappa shape index (κ3) is 1.64. The lowest BCUT2D eigenvalue weighted by atomic mass is 9.80. The summed E-state index contributed by atoms with van der Waals surface area (Å²) in [6.07, 6.45) is 1.51. The smallest absolute Gasteiger partial charge is 0.341 e. The van der Waals surface area contributed by atoms with Crippen LogP contribution in [0.3, 0.4) is 0 Å². The molecule has 0 aromatic rings. The van der Waals surface area contributed by atoms with Crippen LogP contribution >= 0.6 is 0 Å². The molecule has 92 valence electrons. The van der Waals surface area contributed by atoms with E-state index in [1.165, 1.54) is 0 Å². The number of esters is 1. The van der Waals surface area contributed by atoms with Gasteiger partial charge >= 0.3 is 5.97 Å². The first-order valence-corrected chi connectivity index (χ1v) is 5.87. The predicted molar refractivity (Wildman–Crippen MR) is 58.1 cm³/mol. The quantitative estimate of drug-likeness (QED) is 0.533. The lowest BCUT2D eigenvalue weighted by molar-refractivity contribution is -0.149. The van der Waals surface area contributed by atoms with Gasteiger partial charge in [0.1, 0.15) is 5.60 Å². The van der Waals surface area contributed by atoms with Crippen LogP contribution in [-0.2, 0) is 19.0 Å². The van der Waals surface area contributed by atoms with Crippen molar-refractivity contribution in [3.05, 3.63) is 0 Å². The first-order chi connectivity index (χ1) is 7.35. The maximum absolute atomic E-state index is 11.8. The third-order valence-electron chi connectivity index (χ3n) is 3.60. The summed E-state index contributed by atoms with van der Waals surface area (Å²) in [5.41, 5.74) is -1.34. The SMILES string of the molecule is CCOC(=O)C1(C)OC12CCOC(C)(C)C2. The van der Waals surface area contributed by atoms with Gasteiger partial charge in [-0.15, -0.1) is 0 Å². The molecule has 2 unspecified atom stereocenters. The van der Waals surface area contributed by atoms with E-state index in [4.69, 9.17) is 14.2 Å². The molecular formula is C12H20O4. The molecule has 0 bridgehead atoms. The van der Waals surface area contributed by atoms with E-state index in [-0.39, 0.29) is 17.2 Å². The molecule has 2 heterocycles. The van der Waals surface area contributed by atoms with Crippen molar-refractivity contribution in [1.82, 2.24) is 0 Å². The fourth-order valence-corrected chi connectivity index (χ4v) is 2.68. The Hall–Kier alpha value is -0.610. The lowest BCUT2D eigenvalue weighted by Gasteiger charge is -2.35. The maximum Gasteiger partial charge on any atom is 0.341 e. The van der Waals surface area contributed by atoms with Crippen LogP contribution in [0, 0.1) is 0 Å². The molecule has 2 aliphatic rings. The van der Waals surface area contributed by atoms with Crippen LogP contribution in [0.25, 0.3) is 0 Å². The summed E-state index contributed by atoms with van der Waals surface area (Å²) in [6, 6.07) is 0. The topological polar surface area (TPSA) is 48.1 Å². The number of carbonyl (C=O) groups is 1. The zero-order valence-corrected chi connectivity index (χ0v) is 10.5. The fourth-order valence-electron chi connectivity index (χ4n) is 2.68. The molecule has 4 nitrogen and oxygen atoms in total. The van der Waals surface area contributed by atoms with Crippen molar-refractivity contribution in [2.24, 2.45) is 0 Å². The second kappa shape index (κ2) is 3.44. The minimum Gasteiger partial charge on any atom is -0.464 e. The third-order valence-corrected chi connectivity index (χ3v) is 3.60. The van der Waals surface area contributed by atoms with Gasteiger partial charge in [-0.1, -0.05) is 0 Å². The van der Waals surface area contributed by atoms with E-state index >= 15 is 0 Å². The van der Waals surface area contributed by atoms with Gasteiger partial charge < -0.3 is 14.2 Å². The fraction of sp³-hybridized carbons (Fsp3) is 0.917. The van der Waals surface area contributed by atoms with Gasteiger partial charge in [-0.2, -0.15) is 0 Å². The zero-order chi connectivity index (χ0) is 12.0. The second-order valence-corrected chi connectivity index (χ2v) is 5.39. The van der Waals surface area contributed by atoms with Crippen LogP contribution < -0.4 is 0 Å². The van der Waals surface area contributed by atoms with Gasteiger partial charge in [-0.05, 0) is 27.7 Å². The Kier molecular flexibility index (Phi) is 2.55. The highest BCUT2D eigenvalue weighted by atomic mass is 16.7. The molecule has 4 heteroatoms. The molecule has 2 saturated heterocycles. The van der Waals surface area contributed by atoms with Crippen LogP contribution in [0.1, 0.15) is 40.5 Å². The zero-order valence-electron chi connectivity index (χ0n) is 10.5. The Labute approximate surface area is 96.2 Å². The van der Waals surface area contributed by atoms with Crippen LogP contribution in [-0.4, -0.2) is 36.0 Å². The normalized spacial score (nSPS) is 40.8. The van der Waals surface area contributed by atoms with Gasteiger partial charge in [-0.25, -0.2) is 4.79 Å². The highest BCUT2D eigenvalue weighted by Gasteiger charge is 2.74. The Bertz CT molecular complexity index is 312. The summed E-state index contributed by atoms with van der Waals surface area (Å²) in [7, 11) is 0. The molecule has 0 saturated carbocycles. The molecule has 0 aromatic heterocycles. The molecule has 16 heavy (non-hydrogen) atoms. The number of hydrogen-bond donors (Lipinski definition) is 0. The summed E-state index contributed by atoms with van der Waals surface area (Å²) >= 11 is 0. The van der Waals surface area contributed by atoms with Crippen LogP contribution in [0.4, 0.5) is 0 Å². The largest absolute Gasteiger partial charge is 0.464 e. The van der Waals surface area contributed by atoms with Crippen molar-refractivity contribution in [3.63, 3.8) is 0 Å². The van der Waals surface area contributed by atoms with E-state index < -0.39 is 5.60 Å². The van der Waals surface area contributed by atoms with Gasteiger partial charge in [-0.3, -0.25) is 0 Å². The monoisotopic (exact) mass is 228 g/mol. The van der Waals surface area contributed by atoms with E-state index in [9.17, 15) is 4.79 Å². The highest BCUT2D eigenvalue weighted by molar-refractivity contribution is 5.84. The Morgan fingerprint density at radius 2 is 2.06 bits per heavy atom. The van der Waals surface area contributed by atoms with Gasteiger partial charge in [0.05, 0.1) is 18.8 Å². The second-order valence-electron chi connectivity index (χ2n) is 5.39. The summed E-state index contributed by atoms with van der Waals surface area (Å²) < 4.78 is 16.4. The first-order valence-electron chi connectivity index (χ1n) is 5.87. The minimum absolute atomic E-state index is 0.220. The van der Waals surface area contributed by atoms with Gasteiger partial charge in [0.2, 0.25) is 0 Å². The van der Waals surface area contributed by atoms with Crippen LogP contribution in [0.5, 0.6) is 0 Å². The summed E-state index contributed by atoms with van der Waals surface area (Å²) in [5, 5.41) is 0. The lowest BCUT2D eigenvalue weighted by Crippen LogP contribution is -2.44. The van der Waals surface area contributed by atoms with E-state index in [0.29, 0.717) is 13.2 Å². The molecule has 1 spiro atoms. The van der Waals surface area contributed by atoms with Crippen LogP contribution in [0.2, 0.25) is 0 Å². The Morgan fingerprint density at radius 1 is 1.38 bits per heavy atom. The van der Waals surface area contributed by atoms with Gasteiger partial charge in [0, 0.05) is 12.8 Å². The number of rotatable bonds is 2. The molecule has 2 atom stereocenters. The van der Waals surface area contributed by atoms with Crippen molar-refractivity contribution in [3.8, 4) is 0 Å². The molecule has 0 aromatic carbocycles. The molecule has 0 radical (unpaired) electrons. The number of hydrogen-bond acceptors (Lipinski definition) is 4. The highest BCUT2D eigenvalue weighted by Crippen LogP contribution is 2.57. The number of carbonyl (C=O) groups excluding carboxylic acids is 1. The van der Waals surface area contributed by atoms with E-state index in [1.807, 2.05) is 27.7 Å². The van der Waals surface area contributed by atoms with Crippen molar-refractivity contribution >= 4 is 5.97 Å². The molecule has 0 aliphatic carbocycles. The molecule has 0 amide bonds. The molecular weight excluding hydrogens is 208 g/mol. The first kappa shape index (κ1) is 11.9. The van der Waals surface area contributed by atoms with E-state index in [2.05, 4.69) is 0 Å². The molecule has 0 N–H and O–H groups in total. The van der Waals surface area contributed by atoms with Crippen molar-refractivity contribution in [2.75, 3.05) is 13.2 Å². The van der Waals surface area contributed by atoms with Gasteiger partial charge in [0.15, 0.2) is 5.60 Å². The predicted octanol–water partition coefficient (Wildman–Crippen LogP) is 1.67. The maximum atomic E-state index is 11.8. The van der Waals surface area contributed by atoms with E-state index in [1.54, 1.807) is 0 Å².